The summed E-state index contributed by atoms with van der Waals surface area (Å²) in [5, 5.41) is 0. The van der Waals surface area contributed by atoms with E-state index in [1.807, 2.05) is 0 Å². The largest absolute Gasteiger partial charge is 0.435 e. The van der Waals surface area contributed by atoms with Gasteiger partial charge in [0.25, 0.3) is 0 Å². The molecule has 0 aliphatic heterocycles. The number of aryl methyl sites for hydroxylation is 1. The lowest BCUT2D eigenvalue weighted by molar-refractivity contribution is -0.348. The molecule has 0 nitrogen and oxygen atoms in total. The Balaban J connectivity index is 3.56. The first-order valence-electron chi connectivity index (χ1n) is 4.98. The van der Waals surface area contributed by atoms with E-state index in [2.05, 4.69) is 6.07 Å². The Labute approximate surface area is 118 Å². The zero-order valence-electron chi connectivity index (χ0n) is 9.39. The standard InChI is InChI=1S/C11H7F7I/c1-2-6-3-7(5-8(19)4-6)9(12,10(13,14)15)11(16,17)18/h3,5H,2H2,1H3. The molecule has 0 fully saturated rings. The van der Waals surface area contributed by atoms with Crippen LogP contribution in [0.25, 0.3) is 0 Å². The minimum atomic E-state index is -6.08. The Bertz CT molecular complexity index is 447. The molecule has 0 spiro atoms. The quantitative estimate of drug-likeness (QED) is 0.488. The first-order chi connectivity index (χ1) is 8.43. The van der Waals surface area contributed by atoms with Gasteiger partial charge in [-0.1, -0.05) is 13.0 Å². The van der Waals surface area contributed by atoms with Gasteiger partial charge < -0.3 is 0 Å². The third-order valence-electron chi connectivity index (χ3n) is 2.45. The molecule has 0 N–H and O–H groups in total. The van der Waals surface area contributed by atoms with Crippen molar-refractivity contribution in [3.8, 4) is 0 Å². The summed E-state index contributed by atoms with van der Waals surface area (Å²) in [5.74, 6) is 0. The molecule has 107 valence electrons. The molecular weight excluding hydrogens is 392 g/mol. The summed E-state index contributed by atoms with van der Waals surface area (Å²) < 4.78 is 89.0. The van der Waals surface area contributed by atoms with Crippen LogP contribution in [0.1, 0.15) is 18.1 Å². The summed E-state index contributed by atoms with van der Waals surface area (Å²) in [4.78, 5) is 0. The maximum atomic E-state index is 13.8. The Morgan fingerprint density at radius 2 is 1.47 bits per heavy atom. The van der Waals surface area contributed by atoms with Gasteiger partial charge in [-0.05, 0) is 46.7 Å². The summed E-state index contributed by atoms with van der Waals surface area (Å²) >= 11 is 1.49. The molecule has 1 rings (SSSR count). The fourth-order valence-corrected chi connectivity index (χ4v) is 2.15. The summed E-state index contributed by atoms with van der Waals surface area (Å²) in [5.41, 5.74) is -6.76. The fraction of sp³-hybridized carbons (Fsp3) is 0.455. The van der Waals surface area contributed by atoms with Crippen LogP contribution >= 0.6 is 22.6 Å². The van der Waals surface area contributed by atoms with E-state index in [1.165, 1.54) is 29.5 Å². The van der Waals surface area contributed by atoms with Gasteiger partial charge in [-0.3, -0.25) is 0 Å². The number of hydrogen-bond acceptors (Lipinski definition) is 0. The molecule has 0 aliphatic rings. The van der Waals surface area contributed by atoms with Crippen molar-refractivity contribution in [1.82, 2.24) is 0 Å². The first kappa shape index (κ1) is 16.5. The second-order valence-corrected chi connectivity index (χ2v) is 4.91. The van der Waals surface area contributed by atoms with Crippen LogP contribution in [0.15, 0.2) is 12.1 Å². The lowest BCUT2D eigenvalue weighted by atomic mass is 9.92. The van der Waals surface area contributed by atoms with Crippen molar-refractivity contribution in [1.29, 1.82) is 0 Å². The van der Waals surface area contributed by atoms with Crippen molar-refractivity contribution in [3.63, 3.8) is 0 Å². The molecule has 1 aromatic carbocycles. The maximum absolute atomic E-state index is 13.8. The monoisotopic (exact) mass is 399 g/mol. The second-order valence-electron chi connectivity index (χ2n) is 3.75. The number of alkyl halides is 7. The van der Waals surface area contributed by atoms with E-state index in [0.29, 0.717) is 12.1 Å². The van der Waals surface area contributed by atoms with Gasteiger partial charge in [-0.25, -0.2) is 4.39 Å². The van der Waals surface area contributed by atoms with Gasteiger partial charge in [0.15, 0.2) is 0 Å². The summed E-state index contributed by atoms with van der Waals surface area (Å²) in [7, 11) is 0. The molecule has 1 aromatic rings. The zero-order valence-corrected chi connectivity index (χ0v) is 11.5. The van der Waals surface area contributed by atoms with Gasteiger partial charge >= 0.3 is 18.0 Å². The van der Waals surface area contributed by atoms with E-state index in [0.717, 1.165) is 0 Å². The number of hydrogen-bond donors (Lipinski definition) is 0. The normalized spacial score (nSPS) is 13.7. The molecule has 0 aliphatic carbocycles. The molecule has 8 heteroatoms. The average Bonchev–Trinajstić information content (AvgIpc) is 2.23. The lowest BCUT2D eigenvalue weighted by Gasteiger charge is -2.30. The molecule has 0 aromatic heterocycles. The molecule has 0 bridgehead atoms. The van der Waals surface area contributed by atoms with Crippen LogP contribution in [0.2, 0.25) is 0 Å². The van der Waals surface area contributed by atoms with Crippen LogP contribution in [0.4, 0.5) is 30.7 Å². The minimum Gasteiger partial charge on any atom is -0.218 e. The van der Waals surface area contributed by atoms with E-state index in [-0.39, 0.29) is 15.6 Å². The molecule has 19 heavy (non-hydrogen) atoms. The van der Waals surface area contributed by atoms with Crippen LogP contribution in [0, 0.1) is 9.64 Å². The lowest BCUT2D eigenvalue weighted by Crippen LogP contribution is -2.50. The van der Waals surface area contributed by atoms with Crippen LogP contribution in [-0.4, -0.2) is 12.4 Å². The van der Waals surface area contributed by atoms with Crippen molar-refractivity contribution in [2.45, 2.75) is 31.4 Å². The van der Waals surface area contributed by atoms with E-state index < -0.39 is 23.6 Å². The molecule has 1 radical (unpaired) electrons. The van der Waals surface area contributed by atoms with E-state index in [1.54, 1.807) is 0 Å². The van der Waals surface area contributed by atoms with E-state index >= 15 is 0 Å². The topological polar surface area (TPSA) is 0 Å². The van der Waals surface area contributed by atoms with Gasteiger partial charge in [-0.15, -0.1) is 0 Å². The number of halogens is 8. The molecule has 0 saturated carbocycles. The van der Waals surface area contributed by atoms with Gasteiger partial charge in [0, 0.05) is 9.13 Å². The Morgan fingerprint density at radius 3 is 1.84 bits per heavy atom. The van der Waals surface area contributed by atoms with Gasteiger partial charge in [0.05, 0.1) is 0 Å². The van der Waals surface area contributed by atoms with Gasteiger partial charge in [0.2, 0.25) is 0 Å². The second kappa shape index (κ2) is 5.10. The maximum Gasteiger partial charge on any atom is 0.435 e. The molecule has 0 unspecified atom stereocenters. The van der Waals surface area contributed by atoms with Crippen LogP contribution in [-0.2, 0) is 12.1 Å². The van der Waals surface area contributed by atoms with E-state index in [9.17, 15) is 30.7 Å². The highest BCUT2D eigenvalue weighted by molar-refractivity contribution is 14.1. The van der Waals surface area contributed by atoms with Gasteiger partial charge in [-0.2, -0.15) is 26.3 Å². The molecule has 0 saturated heterocycles. The fourth-order valence-electron chi connectivity index (χ4n) is 1.47. The van der Waals surface area contributed by atoms with Crippen LogP contribution in [0.3, 0.4) is 0 Å². The van der Waals surface area contributed by atoms with Crippen LogP contribution < -0.4 is 0 Å². The summed E-state index contributed by atoms with van der Waals surface area (Å²) in [6.45, 7) is 1.52. The molecule has 0 amide bonds. The van der Waals surface area contributed by atoms with Crippen molar-refractivity contribution < 1.29 is 30.7 Å². The summed E-state index contributed by atoms with van der Waals surface area (Å²) in [6, 6.07) is 3.60. The van der Waals surface area contributed by atoms with Crippen molar-refractivity contribution in [2.75, 3.05) is 0 Å². The number of benzene rings is 1. The molecule has 0 heterocycles. The first-order valence-corrected chi connectivity index (χ1v) is 6.06. The smallest absolute Gasteiger partial charge is 0.218 e. The zero-order chi connectivity index (χ0) is 15.1. The average molecular weight is 399 g/mol. The van der Waals surface area contributed by atoms with Crippen LogP contribution in [0.5, 0.6) is 0 Å². The van der Waals surface area contributed by atoms with Gasteiger partial charge in [0.1, 0.15) is 0 Å². The third kappa shape index (κ3) is 2.97. The van der Waals surface area contributed by atoms with Crippen molar-refractivity contribution in [3.05, 3.63) is 32.9 Å². The highest BCUT2D eigenvalue weighted by atomic mass is 127. The Kier molecular flexibility index (Phi) is 4.43. The van der Waals surface area contributed by atoms with Crippen molar-refractivity contribution >= 4 is 22.6 Å². The Hall–Kier alpha value is -0.540. The molecule has 0 atom stereocenters. The third-order valence-corrected chi connectivity index (χ3v) is 3.03. The SMILES string of the molecule is CCc1[c]c(I)cc(C(F)(C(F)(F)F)C(F)(F)F)c1. The predicted octanol–water partition coefficient (Wildman–Crippen LogP) is 4.94. The summed E-state index contributed by atoms with van der Waals surface area (Å²) in [6.07, 6.45) is -12.0. The Morgan fingerprint density at radius 1 is 1.00 bits per heavy atom. The molecular formula is C11H7F7I. The highest BCUT2D eigenvalue weighted by Gasteiger charge is 2.73. The van der Waals surface area contributed by atoms with Crippen molar-refractivity contribution in [2.24, 2.45) is 0 Å². The highest BCUT2D eigenvalue weighted by Crippen LogP contribution is 2.53. The predicted molar refractivity (Wildman–Crippen MR) is 62.3 cm³/mol. The minimum absolute atomic E-state index is 0.0116. The van der Waals surface area contributed by atoms with E-state index in [4.69, 9.17) is 0 Å². The number of rotatable bonds is 2.